The molecule has 0 nitrogen and oxygen atoms in total. The predicted molar refractivity (Wildman–Crippen MR) is 84.0 cm³/mol. The van der Waals surface area contributed by atoms with Gasteiger partial charge in [0.15, 0.2) is 0 Å². The van der Waals surface area contributed by atoms with Crippen LogP contribution in [0.25, 0.3) is 0 Å². The summed E-state index contributed by atoms with van der Waals surface area (Å²) < 4.78 is 37.1. The monoisotopic (exact) mass is 304 g/mol. The number of halogens is 3. The first-order valence-electron chi connectivity index (χ1n) is 7.36. The van der Waals surface area contributed by atoms with E-state index in [1.807, 2.05) is 0 Å². The normalized spacial score (nSPS) is 10.7. The van der Waals surface area contributed by atoms with Gasteiger partial charge in [-0.15, -0.1) is 0 Å². The Labute approximate surface area is 130 Å². The molecule has 0 N–H and O–H groups in total. The molecule has 3 heteroatoms. The third-order valence-corrected chi connectivity index (χ3v) is 2.94. The minimum Gasteiger partial charge on any atom is -0.166 e. The fraction of sp³-hybridized carbons (Fsp3) is 0.368. The van der Waals surface area contributed by atoms with E-state index < -0.39 is 11.7 Å². The molecular formula is C19H19F3. The number of allylic oxidation sites excluding steroid dienone is 2. The lowest BCUT2D eigenvalue weighted by atomic mass is 10.1. The Morgan fingerprint density at radius 3 is 2.27 bits per heavy atom. The Hall–Kier alpha value is -2.13. The van der Waals surface area contributed by atoms with Crippen LogP contribution in [0.15, 0.2) is 36.4 Å². The summed E-state index contributed by atoms with van der Waals surface area (Å²) in [6.45, 7) is 2.17. The number of hydrogen-bond donors (Lipinski definition) is 0. The molecular weight excluding hydrogens is 285 g/mol. The summed E-state index contributed by atoms with van der Waals surface area (Å²) in [5.74, 6) is 11.5. The zero-order valence-corrected chi connectivity index (χ0v) is 12.6. The topological polar surface area (TPSA) is 0 Å². The average molecular weight is 304 g/mol. The smallest absolute Gasteiger partial charge is 0.166 e. The van der Waals surface area contributed by atoms with Crippen molar-refractivity contribution in [3.8, 4) is 23.7 Å². The second-order valence-electron chi connectivity index (χ2n) is 4.81. The molecule has 0 saturated carbocycles. The molecule has 0 aliphatic rings. The van der Waals surface area contributed by atoms with Crippen molar-refractivity contribution in [2.24, 2.45) is 0 Å². The van der Waals surface area contributed by atoms with Crippen molar-refractivity contribution in [2.75, 3.05) is 0 Å². The Balaban J connectivity index is 2.41. The van der Waals surface area contributed by atoms with E-state index in [1.165, 1.54) is 31.4 Å². The van der Waals surface area contributed by atoms with Gasteiger partial charge >= 0.3 is 6.18 Å². The van der Waals surface area contributed by atoms with Gasteiger partial charge in [0.25, 0.3) is 0 Å². The Bertz CT molecular complexity index is 584. The van der Waals surface area contributed by atoms with Crippen molar-refractivity contribution >= 4 is 0 Å². The Kier molecular flexibility index (Phi) is 7.94. The Morgan fingerprint density at radius 1 is 0.955 bits per heavy atom. The molecule has 116 valence electrons. The van der Waals surface area contributed by atoms with E-state index in [0.29, 0.717) is 5.56 Å². The maximum Gasteiger partial charge on any atom is 0.416 e. The number of benzene rings is 1. The van der Waals surface area contributed by atoms with Gasteiger partial charge in [-0.3, -0.25) is 0 Å². The van der Waals surface area contributed by atoms with Gasteiger partial charge in [-0.1, -0.05) is 49.9 Å². The van der Waals surface area contributed by atoms with Crippen LogP contribution in [0.1, 0.15) is 50.2 Å². The first kappa shape index (κ1) is 17.9. The molecule has 0 aromatic heterocycles. The average Bonchev–Trinajstić information content (AvgIpc) is 2.49. The fourth-order valence-corrected chi connectivity index (χ4v) is 1.72. The highest BCUT2D eigenvalue weighted by molar-refractivity contribution is 5.39. The Morgan fingerprint density at radius 2 is 1.64 bits per heavy atom. The molecule has 1 aromatic rings. The third-order valence-electron chi connectivity index (χ3n) is 2.94. The van der Waals surface area contributed by atoms with Crippen LogP contribution >= 0.6 is 0 Å². The van der Waals surface area contributed by atoms with Gasteiger partial charge in [0.1, 0.15) is 0 Å². The molecule has 0 heterocycles. The minimum atomic E-state index is -4.31. The highest BCUT2D eigenvalue weighted by atomic mass is 19.4. The molecule has 0 atom stereocenters. The number of rotatable bonds is 4. The van der Waals surface area contributed by atoms with E-state index in [9.17, 15) is 13.2 Å². The number of alkyl halides is 3. The second-order valence-corrected chi connectivity index (χ2v) is 4.81. The lowest BCUT2D eigenvalue weighted by Crippen LogP contribution is -2.03. The highest BCUT2D eigenvalue weighted by Crippen LogP contribution is 2.28. The zero-order valence-electron chi connectivity index (χ0n) is 12.6. The third kappa shape index (κ3) is 7.60. The SMILES string of the molecule is CCCCCCC#C/C=C\C#Cc1ccc(C(F)(F)F)cc1. The van der Waals surface area contributed by atoms with Crippen LogP contribution in [-0.4, -0.2) is 0 Å². The molecule has 0 aliphatic heterocycles. The van der Waals surface area contributed by atoms with Crippen molar-refractivity contribution in [3.05, 3.63) is 47.5 Å². The van der Waals surface area contributed by atoms with E-state index >= 15 is 0 Å². The van der Waals surface area contributed by atoms with E-state index in [0.717, 1.165) is 25.0 Å². The van der Waals surface area contributed by atoms with Crippen molar-refractivity contribution in [2.45, 2.75) is 45.2 Å². The molecule has 0 unspecified atom stereocenters. The maximum absolute atomic E-state index is 12.4. The van der Waals surface area contributed by atoms with Crippen LogP contribution in [0.5, 0.6) is 0 Å². The summed E-state index contributed by atoms with van der Waals surface area (Å²) in [5, 5.41) is 0. The first-order chi connectivity index (χ1) is 10.5. The molecule has 0 amide bonds. The predicted octanol–water partition coefficient (Wildman–Crippen LogP) is 5.59. The molecule has 0 spiro atoms. The summed E-state index contributed by atoms with van der Waals surface area (Å²) in [4.78, 5) is 0. The standard InChI is InChI=1S/C19H19F3/c1-2-3-4-5-6-7-8-9-10-11-12-17-13-15-18(16-14-17)19(20,21)22/h9-10,13-16H,2-6H2,1H3/b10-9-. The van der Waals surface area contributed by atoms with Crippen molar-refractivity contribution in [3.63, 3.8) is 0 Å². The summed E-state index contributed by atoms with van der Waals surface area (Å²) in [6.07, 6.45) is 4.64. The van der Waals surface area contributed by atoms with Gasteiger partial charge in [-0.25, -0.2) is 0 Å². The summed E-state index contributed by atoms with van der Waals surface area (Å²) >= 11 is 0. The summed E-state index contributed by atoms with van der Waals surface area (Å²) in [5.41, 5.74) is -0.118. The lowest BCUT2D eigenvalue weighted by Gasteiger charge is -2.05. The minimum absolute atomic E-state index is 0.546. The van der Waals surface area contributed by atoms with Crippen molar-refractivity contribution in [1.82, 2.24) is 0 Å². The van der Waals surface area contributed by atoms with E-state index in [2.05, 4.69) is 30.6 Å². The van der Waals surface area contributed by atoms with Gasteiger partial charge in [0, 0.05) is 12.0 Å². The zero-order chi connectivity index (χ0) is 16.3. The van der Waals surface area contributed by atoms with Crippen molar-refractivity contribution < 1.29 is 13.2 Å². The molecule has 1 aromatic carbocycles. The molecule has 0 aliphatic carbocycles. The molecule has 0 radical (unpaired) electrons. The van der Waals surface area contributed by atoms with Gasteiger partial charge in [0.05, 0.1) is 5.56 Å². The molecule has 1 rings (SSSR count). The highest BCUT2D eigenvalue weighted by Gasteiger charge is 2.29. The first-order valence-corrected chi connectivity index (χ1v) is 7.36. The molecule has 0 fully saturated rings. The van der Waals surface area contributed by atoms with Crippen molar-refractivity contribution in [1.29, 1.82) is 0 Å². The van der Waals surface area contributed by atoms with Crippen LogP contribution in [-0.2, 0) is 6.18 Å². The van der Waals surface area contributed by atoms with Crippen LogP contribution in [0.2, 0.25) is 0 Å². The molecule has 0 saturated heterocycles. The summed E-state index contributed by atoms with van der Waals surface area (Å²) in [7, 11) is 0. The second kappa shape index (κ2) is 9.74. The van der Waals surface area contributed by atoms with Gasteiger partial charge in [0.2, 0.25) is 0 Å². The molecule has 22 heavy (non-hydrogen) atoms. The van der Waals surface area contributed by atoms with Gasteiger partial charge in [-0.2, -0.15) is 13.2 Å². The van der Waals surface area contributed by atoms with E-state index in [-0.39, 0.29) is 0 Å². The van der Waals surface area contributed by atoms with E-state index in [4.69, 9.17) is 0 Å². The van der Waals surface area contributed by atoms with E-state index in [1.54, 1.807) is 12.2 Å². The van der Waals surface area contributed by atoms with Gasteiger partial charge in [-0.05, 0) is 42.8 Å². The quantitative estimate of drug-likeness (QED) is 0.502. The number of unbranched alkanes of at least 4 members (excludes halogenated alkanes) is 4. The lowest BCUT2D eigenvalue weighted by molar-refractivity contribution is -0.137. The van der Waals surface area contributed by atoms with Crippen LogP contribution < -0.4 is 0 Å². The molecule has 0 bridgehead atoms. The maximum atomic E-state index is 12.4. The largest absolute Gasteiger partial charge is 0.416 e. The fourth-order valence-electron chi connectivity index (χ4n) is 1.72. The van der Waals surface area contributed by atoms with Gasteiger partial charge < -0.3 is 0 Å². The van der Waals surface area contributed by atoms with Crippen LogP contribution in [0.3, 0.4) is 0 Å². The van der Waals surface area contributed by atoms with Crippen LogP contribution in [0, 0.1) is 23.7 Å². The number of hydrogen-bond acceptors (Lipinski definition) is 0. The summed E-state index contributed by atoms with van der Waals surface area (Å²) in [6, 6.07) is 4.79. The van der Waals surface area contributed by atoms with Crippen LogP contribution in [0.4, 0.5) is 13.2 Å².